The predicted molar refractivity (Wildman–Crippen MR) is 51.6 cm³/mol. The maximum absolute atomic E-state index is 10.9. The van der Waals surface area contributed by atoms with Gasteiger partial charge in [-0.2, -0.15) is 0 Å². The molecule has 0 aliphatic heterocycles. The van der Waals surface area contributed by atoms with Gasteiger partial charge in [-0.15, -0.1) is 5.59 Å². The molecule has 7 heteroatoms. The molecular weight excluding hydrogens is 206 g/mol. The Labute approximate surface area is 82.0 Å². The van der Waals surface area contributed by atoms with E-state index < -0.39 is 10.0 Å². The fraction of sp³-hybridized carbons (Fsp3) is 0.143. The maximum atomic E-state index is 10.9. The third-order valence-electron chi connectivity index (χ3n) is 1.48. The Balaban J connectivity index is 2.79. The molecule has 0 amide bonds. The molecule has 0 unspecified atom stereocenters. The van der Waals surface area contributed by atoms with Gasteiger partial charge in [0.1, 0.15) is 0 Å². The number of nitrogens with two attached hydrogens (primary N) is 1. The molecule has 6 nitrogen and oxygen atoms in total. The zero-order valence-corrected chi connectivity index (χ0v) is 8.34. The smallest absolute Gasteiger partial charge is 0.238 e. The van der Waals surface area contributed by atoms with Gasteiger partial charge in [-0.05, 0) is 24.3 Å². The van der Waals surface area contributed by atoms with Gasteiger partial charge in [0.15, 0.2) is 0 Å². The van der Waals surface area contributed by atoms with Crippen LogP contribution in [0.2, 0.25) is 0 Å². The lowest BCUT2D eigenvalue weighted by atomic mass is 10.3. The topological polar surface area (TPSA) is 93.4 Å². The van der Waals surface area contributed by atoms with E-state index in [1.54, 1.807) is 12.1 Å². The quantitative estimate of drug-likeness (QED) is 0.608. The van der Waals surface area contributed by atoms with Crippen LogP contribution in [0.15, 0.2) is 29.2 Å². The largest absolute Gasteiger partial charge is 0.299 e. The summed E-state index contributed by atoms with van der Waals surface area (Å²) in [5.74, 6) is 0. The SMILES string of the molecule is CONNc1ccc(S(N)(=O)=O)cc1. The molecule has 0 aliphatic carbocycles. The lowest BCUT2D eigenvalue weighted by Crippen LogP contribution is -2.19. The fourth-order valence-electron chi connectivity index (χ4n) is 0.838. The maximum Gasteiger partial charge on any atom is 0.238 e. The Morgan fingerprint density at radius 2 is 1.86 bits per heavy atom. The van der Waals surface area contributed by atoms with Crippen molar-refractivity contribution in [3.8, 4) is 0 Å². The monoisotopic (exact) mass is 217 g/mol. The molecule has 78 valence electrons. The number of nitrogens with one attached hydrogen (secondary N) is 2. The van der Waals surface area contributed by atoms with Crippen molar-refractivity contribution in [3.63, 3.8) is 0 Å². The second kappa shape index (κ2) is 4.38. The van der Waals surface area contributed by atoms with Crippen LogP contribution in [0.1, 0.15) is 0 Å². The molecule has 0 aromatic heterocycles. The molecule has 0 fully saturated rings. The standard InChI is InChI=1S/C7H11N3O3S/c1-13-10-9-6-2-4-7(5-3-6)14(8,11)12/h2-5,9-10H,1H3,(H2,8,11,12). The van der Waals surface area contributed by atoms with Gasteiger partial charge in [0.05, 0.1) is 17.7 Å². The molecule has 1 aromatic carbocycles. The first-order chi connectivity index (χ1) is 6.54. The second-order valence-corrected chi connectivity index (χ2v) is 4.06. The molecule has 1 rings (SSSR count). The fourth-order valence-corrected chi connectivity index (χ4v) is 1.35. The lowest BCUT2D eigenvalue weighted by Gasteiger charge is -2.05. The Morgan fingerprint density at radius 1 is 1.29 bits per heavy atom. The molecule has 0 bridgehead atoms. The number of sulfonamides is 1. The van der Waals surface area contributed by atoms with Crippen LogP contribution in [0.25, 0.3) is 0 Å². The molecule has 0 aliphatic rings. The minimum Gasteiger partial charge on any atom is -0.299 e. The number of primary sulfonamides is 1. The van der Waals surface area contributed by atoms with Crippen LogP contribution in [-0.4, -0.2) is 15.5 Å². The van der Waals surface area contributed by atoms with E-state index in [1.807, 2.05) is 0 Å². The highest BCUT2D eigenvalue weighted by Gasteiger charge is 2.05. The molecule has 0 radical (unpaired) electrons. The first-order valence-corrected chi connectivity index (χ1v) is 5.25. The molecule has 0 atom stereocenters. The van der Waals surface area contributed by atoms with Gasteiger partial charge in [-0.25, -0.2) is 13.6 Å². The zero-order valence-electron chi connectivity index (χ0n) is 7.52. The summed E-state index contributed by atoms with van der Waals surface area (Å²) in [5, 5.41) is 4.92. The van der Waals surface area contributed by atoms with Crippen molar-refractivity contribution < 1.29 is 13.3 Å². The first kappa shape index (κ1) is 10.9. The average Bonchev–Trinajstić information content (AvgIpc) is 2.14. The van der Waals surface area contributed by atoms with Crippen LogP contribution >= 0.6 is 0 Å². The number of benzene rings is 1. The lowest BCUT2D eigenvalue weighted by molar-refractivity contribution is 0.111. The third kappa shape index (κ3) is 2.96. The highest BCUT2D eigenvalue weighted by Crippen LogP contribution is 2.11. The van der Waals surface area contributed by atoms with E-state index in [4.69, 9.17) is 5.14 Å². The van der Waals surface area contributed by atoms with E-state index in [-0.39, 0.29) is 4.90 Å². The third-order valence-corrected chi connectivity index (χ3v) is 2.41. The predicted octanol–water partition coefficient (Wildman–Crippen LogP) is -0.188. The van der Waals surface area contributed by atoms with Crippen molar-refractivity contribution in [1.29, 1.82) is 0 Å². The summed E-state index contributed by atoms with van der Waals surface area (Å²) in [5.41, 5.74) is 5.72. The molecule has 1 aromatic rings. The van der Waals surface area contributed by atoms with E-state index >= 15 is 0 Å². The highest BCUT2D eigenvalue weighted by molar-refractivity contribution is 7.89. The summed E-state index contributed by atoms with van der Waals surface area (Å²) in [7, 11) is -2.17. The molecule has 0 heterocycles. The van der Waals surface area contributed by atoms with Gasteiger partial charge in [-0.3, -0.25) is 10.3 Å². The van der Waals surface area contributed by atoms with Crippen molar-refractivity contribution in [2.24, 2.45) is 5.14 Å². The molecule has 14 heavy (non-hydrogen) atoms. The van der Waals surface area contributed by atoms with Crippen molar-refractivity contribution in [1.82, 2.24) is 5.59 Å². The number of hydrazine groups is 1. The molecular formula is C7H11N3O3S. The van der Waals surface area contributed by atoms with Crippen LogP contribution in [0.5, 0.6) is 0 Å². The van der Waals surface area contributed by atoms with Gasteiger partial charge < -0.3 is 0 Å². The average molecular weight is 217 g/mol. The van der Waals surface area contributed by atoms with Gasteiger partial charge in [0.25, 0.3) is 0 Å². The molecule has 4 N–H and O–H groups in total. The summed E-state index contributed by atoms with van der Waals surface area (Å²) in [6, 6.07) is 5.92. The molecule has 0 spiro atoms. The van der Waals surface area contributed by atoms with Gasteiger partial charge >= 0.3 is 0 Å². The first-order valence-electron chi connectivity index (χ1n) is 3.71. The summed E-state index contributed by atoms with van der Waals surface area (Å²) < 4.78 is 21.8. The number of rotatable bonds is 4. The Morgan fingerprint density at radius 3 is 2.29 bits per heavy atom. The van der Waals surface area contributed by atoms with Crippen LogP contribution in [0.3, 0.4) is 0 Å². The summed E-state index contributed by atoms with van der Waals surface area (Å²) in [4.78, 5) is 4.61. The summed E-state index contributed by atoms with van der Waals surface area (Å²) in [6.45, 7) is 0. The zero-order chi connectivity index (χ0) is 10.6. The molecule has 0 saturated heterocycles. The number of hydrogen-bond donors (Lipinski definition) is 3. The van der Waals surface area contributed by atoms with Gasteiger partial charge in [0.2, 0.25) is 10.0 Å². The van der Waals surface area contributed by atoms with Crippen LogP contribution < -0.4 is 16.2 Å². The molecule has 0 saturated carbocycles. The summed E-state index contributed by atoms with van der Waals surface area (Å²) in [6.07, 6.45) is 0. The highest BCUT2D eigenvalue weighted by atomic mass is 32.2. The van der Waals surface area contributed by atoms with Crippen LogP contribution in [0, 0.1) is 0 Å². The van der Waals surface area contributed by atoms with E-state index in [0.29, 0.717) is 5.69 Å². The van der Waals surface area contributed by atoms with Crippen LogP contribution in [-0.2, 0) is 14.9 Å². The Kier molecular flexibility index (Phi) is 3.42. The normalized spacial score (nSPS) is 11.3. The van der Waals surface area contributed by atoms with E-state index in [2.05, 4.69) is 15.9 Å². The van der Waals surface area contributed by atoms with Crippen molar-refractivity contribution in [2.75, 3.05) is 12.5 Å². The number of anilines is 1. The van der Waals surface area contributed by atoms with E-state index in [9.17, 15) is 8.42 Å². The van der Waals surface area contributed by atoms with Crippen molar-refractivity contribution in [3.05, 3.63) is 24.3 Å². The van der Waals surface area contributed by atoms with Gasteiger partial charge in [-0.1, -0.05) is 0 Å². The number of hydrogen-bond acceptors (Lipinski definition) is 5. The minimum absolute atomic E-state index is 0.0699. The minimum atomic E-state index is -3.62. The summed E-state index contributed by atoms with van der Waals surface area (Å²) >= 11 is 0. The van der Waals surface area contributed by atoms with Gasteiger partial charge in [0, 0.05) is 0 Å². The Bertz CT molecular complexity index is 387. The van der Waals surface area contributed by atoms with Crippen LogP contribution in [0.4, 0.5) is 5.69 Å². The van der Waals surface area contributed by atoms with E-state index in [1.165, 1.54) is 19.2 Å². The Hall–Kier alpha value is -1.15. The van der Waals surface area contributed by atoms with E-state index in [0.717, 1.165) is 0 Å². The van der Waals surface area contributed by atoms with Crippen molar-refractivity contribution >= 4 is 15.7 Å². The second-order valence-electron chi connectivity index (χ2n) is 2.50. The van der Waals surface area contributed by atoms with Crippen molar-refractivity contribution in [2.45, 2.75) is 4.90 Å².